The van der Waals surface area contributed by atoms with E-state index in [9.17, 15) is 19.2 Å². The third-order valence-corrected chi connectivity index (χ3v) is 6.79. The maximum atomic E-state index is 12.7. The van der Waals surface area contributed by atoms with E-state index in [1.54, 1.807) is 25.3 Å². The summed E-state index contributed by atoms with van der Waals surface area (Å²) in [6.07, 6.45) is -0.621. The Hall–Kier alpha value is -3.71. The van der Waals surface area contributed by atoms with Crippen LogP contribution in [0.2, 0.25) is 0 Å². The van der Waals surface area contributed by atoms with Gasteiger partial charge in [-0.15, -0.1) is 0 Å². The topological polar surface area (TPSA) is 145 Å². The van der Waals surface area contributed by atoms with Gasteiger partial charge in [-0.25, -0.2) is 4.68 Å². The highest BCUT2D eigenvalue weighted by Gasteiger charge is 2.55. The Labute approximate surface area is 215 Å². The molecular formula is C24H25N3O9S. The lowest BCUT2D eigenvalue weighted by molar-refractivity contribution is -0.225. The standard InChI is InChI=1S/C24H25N3O9S/c1-12(28)33-11-18-19(34-13(2)29)20(35-14(3)30)21-23(36-18)27-24(37-21)25-22(31)17(26-27)10-7-15-5-8-16(32-4)9-6-15/h5-10,18-21,23H,11H2,1-4H3/b10-7+/t18-,19-,20+,21+,23-/m1/s1. The Kier molecular flexibility index (Phi) is 7.93. The van der Waals surface area contributed by atoms with Gasteiger partial charge in [0.15, 0.2) is 29.3 Å². The molecule has 2 aromatic rings. The van der Waals surface area contributed by atoms with Crippen molar-refractivity contribution in [3.63, 3.8) is 0 Å². The minimum absolute atomic E-state index is 0.0621. The van der Waals surface area contributed by atoms with Crippen molar-refractivity contribution in [1.82, 2.24) is 14.8 Å². The van der Waals surface area contributed by atoms with E-state index >= 15 is 0 Å². The molecule has 12 nitrogen and oxygen atoms in total. The zero-order valence-corrected chi connectivity index (χ0v) is 21.3. The number of rotatable bonds is 7. The third-order valence-electron chi connectivity index (χ3n) is 5.52. The Morgan fingerprint density at radius 3 is 2.32 bits per heavy atom. The Bertz CT molecular complexity index is 1280. The van der Waals surface area contributed by atoms with Crippen molar-refractivity contribution >= 4 is 41.8 Å². The van der Waals surface area contributed by atoms with E-state index in [4.69, 9.17) is 23.7 Å². The summed E-state index contributed by atoms with van der Waals surface area (Å²) in [5, 5.41) is 4.05. The van der Waals surface area contributed by atoms with Crippen molar-refractivity contribution in [3.05, 3.63) is 45.9 Å². The molecule has 1 saturated heterocycles. The molecule has 0 aliphatic carbocycles. The molecule has 0 N–H and O–H groups in total. The second-order valence-electron chi connectivity index (χ2n) is 8.23. The molecule has 0 radical (unpaired) electrons. The minimum atomic E-state index is -1.06. The lowest BCUT2D eigenvalue weighted by Crippen LogP contribution is -2.57. The number of nitrogens with zero attached hydrogens (tertiary/aromatic N) is 3. The van der Waals surface area contributed by atoms with Gasteiger partial charge in [0, 0.05) is 20.8 Å². The largest absolute Gasteiger partial charge is 0.497 e. The number of benzene rings is 1. The highest BCUT2D eigenvalue weighted by molar-refractivity contribution is 8.00. The number of thioether (sulfide) groups is 1. The zero-order valence-electron chi connectivity index (χ0n) is 20.5. The van der Waals surface area contributed by atoms with Gasteiger partial charge in [-0.3, -0.25) is 19.2 Å². The molecule has 0 bridgehead atoms. The predicted molar refractivity (Wildman–Crippen MR) is 130 cm³/mol. The maximum Gasteiger partial charge on any atom is 0.303 e. The number of carbonyl (C=O) groups excluding carboxylic acids is 3. The van der Waals surface area contributed by atoms with Gasteiger partial charge in [0.05, 0.1) is 7.11 Å². The molecule has 2 aliphatic heterocycles. The summed E-state index contributed by atoms with van der Waals surface area (Å²) >= 11 is 1.12. The fourth-order valence-electron chi connectivity index (χ4n) is 3.97. The predicted octanol–water partition coefficient (Wildman–Crippen LogP) is 1.62. The molecular weight excluding hydrogens is 506 g/mol. The van der Waals surface area contributed by atoms with E-state index in [2.05, 4.69) is 10.1 Å². The van der Waals surface area contributed by atoms with Crippen LogP contribution in [0.3, 0.4) is 0 Å². The molecule has 5 atom stereocenters. The molecule has 1 fully saturated rings. The van der Waals surface area contributed by atoms with Crippen molar-refractivity contribution in [2.45, 2.75) is 55.7 Å². The first kappa shape index (κ1) is 26.4. The SMILES string of the molecule is COc1ccc(/C=C/c2nn3c(nc2=O)S[C@H]2[C@@H](OC(C)=O)[C@H](OC(C)=O)[C@@H](COC(C)=O)O[C@H]23)cc1. The summed E-state index contributed by atoms with van der Waals surface area (Å²) in [7, 11) is 1.57. The lowest BCUT2D eigenvalue weighted by Gasteiger charge is -2.41. The number of methoxy groups -OCH3 is 1. The summed E-state index contributed by atoms with van der Waals surface area (Å²) in [5.41, 5.74) is 0.320. The van der Waals surface area contributed by atoms with E-state index in [0.29, 0.717) is 5.75 Å². The number of esters is 3. The van der Waals surface area contributed by atoms with Crippen LogP contribution in [0, 0.1) is 0 Å². The molecule has 1 aromatic heterocycles. The van der Waals surface area contributed by atoms with Crippen LogP contribution in [0.25, 0.3) is 12.2 Å². The van der Waals surface area contributed by atoms with Crippen LogP contribution in [-0.4, -0.2) is 70.0 Å². The summed E-state index contributed by atoms with van der Waals surface area (Å²) in [6, 6.07) is 7.22. The van der Waals surface area contributed by atoms with Crippen LogP contribution >= 0.6 is 11.8 Å². The van der Waals surface area contributed by atoms with Gasteiger partial charge in [-0.1, -0.05) is 30.0 Å². The van der Waals surface area contributed by atoms with Gasteiger partial charge in [0.25, 0.3) is 5.56 Å². The smallest absolute Gasteiger partial charge is 0.303 e. The summed E-state index contributed by atoms with van der Waals surface area (Å²) in [4.78, 5) is 52.1. The van der Waals surface area contributed by atoms with E-state index in [-0.39, 0.29) is 17.5 Å². The van der Waals surface area contributed by atoms with E-state index in [0.717, 1.165) is 17.3 Å². The van der Waals surface area contributed by atoms with Crippen LogP contribution in [0.15, 0.2) is 34.2 Å². The maximum absolute atomic E-state index is 12.7. The van der Waals surface area contributed by atoms with Gasteiger partial charge >= 0.3 is 17.9 Å². The molecule has 196 valence electrons. The number of ether oxygens (including phenoxy) is 5. The van der Waals surface area contributed by atoms with Gasteiger partial charge in [-0.05, 0) is 23.8 Å². The average Bonchev–Trinajstić information content (AvgIpc) is 3.19. The van der Waals surface area contributed by atoms with E-state index in [1.807, 2.05) is 12.1 Å². The van der Waals surface area contributed by atoms with Crippen LogP contribution in [-0.2, 0) is 33.3 Å². The first-order valence-corrected chi connectivity index (χ1v) is 12.2. The second-order valence-corrected chi connectivity index (χ2v) is 9.38. The Balaban J connectivity index is 1.67. The summed E-state index contributed by atoms with van der Waals surface area (Å²) < 4.78 is 28.8. The van der Waals surface area contributed by atoms with Gasteiger partial charge in [0.2, 0.25) is 0 Å². The molecule has 0 amide bonds. The van der Waals surface area contributed by atoms with Crippen molar-refractivity contribution in [3.8, 4) is 5.75 Å². The molecule has 0 spiro atoms. The van der Waals surface area contributed by atoms with Crippen molar-refractivity contribution in [2.24, 2.45) is 0 Å². The third kappa shape index (κ3) is 6.00. The second kappa shape index (κ2) is 11.1. The van der Waals surface area contributed by atoms with E-state index < -0.39 is 53.3 Å². The van der Waals surface area contributed by atoms with E-state index in [1.165, 1.54) is 31.5 Å². The molecule has 37 heavy (non-hydrogen) atoms. The normalized spacial score (nSPS) is 24.2. The molecule has 0 unspecified atom stereocenters. The quantitative estimate of drug-likeness (QED) is 0.378. The molecule has 0 saturated carbocycles. The number of carbonyl (C=O) groups is 3. The highest BCUT2D eigenvalue weighted by atomic mass is 32.2. The number of hydrogen-bond donors (Lipinski definition) is 0. The summed E-state index contributed by atoms with van der Waals surface area (Å²) in [6.45, 7) is 3.41. The molecule has 13 heteroatoms. The monoisotopic (exact) mass is 531 g/mol. The van der Waals surface area contributed by atoms with Crippen molar-refractivity contribution in [1.29, 1.82) is 0 Å². The number of hydrogen-bond acceptors (Lipinski definition) is 12. The summed E-state index contributed by atoms with van der Waals surface area (Å²) in [5.74, 6) is -1.10. The fourth-order valence-corrected chi connectivity index (χ4v) is 5.24. The zero-order chi connectivity index (χ0) is 26.7. The molecule has 1 aromatic carbocycles. The first-order chi connectivity index (χ1) is 17.7. The number of aromatic nitrogens is 3. The van der Waals surface area contributed by atoms with Crippen LogP contribution < -0.4 is 10.3 Å². The van der Waals surface area contributed by atoms with Crippen LogP contribution in [0.1, 0.15) is 38.3 Å². The molecule has 2 aliphatic rings. The van der Waals surface area contributed by atoms with Gasteiger partial charge < -0.3 is 23.7 Å². The van der Waals surface area contributed by atoms with Crippen LogP contribution in [0.4, 0.5) is 0 Å². The Morgan fingerprint density at radius 2 is 1.70 bits per heavy atom. The number of fused-ring (bicyclic) bond motifs is 3. The van der Waals surface area contributed by atoms with Gasteiger partial charge in [0.1, 0.15) is 23.7 Å². The average molecular weight is 532 g/mol. The van der Waals surface area contributed by atoms with Crippen molar-refractivity contribution in [2.75, 3.05) is 13.7 Å². The minimum Gasteiger partial charge on any atom is -0.497 e. The van der Waals surface area contributed by atoms with Crippen LogP contribution in [0.5, 0.6) is 5.75 Å². The fraction of sp³-hybridized carbons (Fsp3) is 0.417. The lowest BCUT2D eigenvalue weighted by atomic mass is 9.99. The highest BCUT2D eigenvalue weighted by Crippen LogP contribution is 2.46. The van der Waals surface area contributed by atoms with Crippen molar-refractivity contribution < 1.29 is 38.1 Å². The molecule has 4 rings (SSSR count). The van der Waals surface area contributed by atoms with Gasteiger partial charge in [-0.2, -0.15) is 10.1 Å². The molecule has 3 heterocycles. The first-order valence-electron chi connectivity index (χ1n) is 11.3. The Morgan fingerprint density at radius 1 is 1.03 bits per heavy atom.